The van der Waals surface area contributed by atoms with Crippen LogP contribution in [0.25, 0.3) is 0 Å². The number of hydrogen-bond donors (Lipinski definition) is 2. The van der Waals surface area contributed by atoms with E-state index < -0.39 is 0 Å². The van der Waals surface area contributed by atoms with Crippen LogP contribution in [0.3, 0.4) is 0 Å². The summed E-state index contributed by atoms with van der Waals surface area (Å²) in [5.41, 5.74) is 5.48. The maximum atomic E-state index is 5.48. The van der Waals surface area contributed by atoms with Gasteiger partial charge in [-0.1, -0.05) is 19.3 Å². The summed E-state index contributed by atoms with van der Waals surface area (Å²) >= 11 is 0. The highest BCUT2D eigenvalue weighted by Crippen LogP contribution is 2.29. The fourth-order valence-electron chi connectivity index (χ4n) is 2.83. The van der Waals surface area contributed by atoms with Crippen molar-refractivity contribution in [3.63, 3.8) is 0 Å². The van der Waals surface area contributed by atoms with Gasteiger partial charge in [-0.3, -0.25) is 4.90 Å². The van der Waals surface area contributed by atoms with Crippen molar-refractivity contribution in [3.8, 4) is 0 Å². The van der Waals surface area contributed by atoms with Crippen molar-refractivity contribution in [2.75, 3.05) is 26.2 Å². The predicted octanol–water partition coefficient (Wildman–Crippen LogP) is 1.72. The van der Waals surface area contributed by atoms with E-state index in [9.17, 15) is 0 Å². The van der Waals surface area contributed by atoms with Gasteiger partial charge in [-0.15, -0.1) is 0 Å². The molecule has 100 valence electrons. The van der Waals surface area contributed by atoms with Crippen molar-refractivity contribution >= 4 is 0 Å². The summed E-state index contributed by atoms with van der Waals surface area (Å²) in [4.78, 5) is 2.68. The minimum absolute atomic E-state index is 0.777. The van der Waals surface area contributed by atoms with Crippen LogP contribution in [-0.4, -0.2) is 43.2 Å². The molecule has 1 saturated heterocycles. The number of hydrogen-bond acceptors (Lipinski definition) is 3. The fourth-order valence-corrected chi connectivity index (χ4v) is 2.83. The van der Waals surface area contributed by atoms with E-state index in [2.05, 4.69) is 10.2 Å². The normalized spacial score (nSPS) is 25.6. The molecule has 0 aromatic rings. The molecule has 2 aliphatic rings. The Bertz CT molecular complexity index is 204. The predicted molar refractivity (Wildman–Crippen MR) is 73.1 cm³/mol. The summed E-state index contributed by atoms with van der Waals surface area (Å²) in [6, 6.07) is 1.73. The maximum Gasteiger partial charge on any atom is 0.0207 e. The molecule has 3 N–H and O–H groups in total. The Morgan fingerprint density at radius 2 is 1.76 bits per heavy atom. The zero-order valence-electron chi connectivity index (χ0n) is 11.2. The molecule has 3 nitrogen and oxygen atoms in total. The highest BCUT2D eigenvalue weighted by Gasteiger charge is 2.33. The molecule has 0 radical (unpaired) electrons. The first-order valence-electron chi connectivity index (χ1n) is 7.57. The van der Waals surface area contributed by atoms with Crippen LogP contribution < -0.4 is 11.1 Å². The van der Waals surface area contributed by atoms with Crippen LogP contribution in [-0.2, 0) is 0 Å². The van der Waals surface area contributed by atoms with E-state index in [0.29, 0.717) is 0 Å². The summed E-state index contributed by atoms with van der Waals surface area (Å²) in [5.74, 6) is 0. The smallest absolute Gasteiger partial charge is 0.0207 e. The SMILES string of the molecule is NCCCCCCCNC1CCN(C2CC2)C1. The Kier molecular flexibility index (Phi) is 5.75. The molecule has 0 aromatic carbocycles. The highest BCUT2D eigenvalue weighted by atomic mass is 15.2. The Morgan fingerprint density at radius 3 is 2.53 bits per heavy atom. The average molecular weight is 239 g/mol. The number of likely N-dealkylation sites (tertiary alicyclic amines) is 1. The first-order chi connectivity index (χ1) is 8.40. The van der Waals surface area contributed by atoms with E-state index in [0.717, 1.165) is 18.6 Å². The number of rotatable bonds is 9. The van der Waals surface area contributed by atoms with Gasteiger partial charge < -0.3 is 11.1 Å². The topological polar surface area (TPSA) is 41.3 Å². The van der Waals surface area contributed by atoms with E-state index >= 15 is 0 Å². The summed E-state index contributed by atoms with van der Waals surface area (Å²) < 4.78 is 0. The summed E-state index contributed by atoms with van der Waals surface area (Å²) in [6.45, 7) is 4.71. The van der Waals surface area contributed by atoms with Crippen LogP contribution in [0.2, 0.25) is 0 Å². The van der Waals surface area contributed by atoms with Gasteiger partial charge in [-0.25, -0.2) is 0 Å². The van der Waals surface area contributed by atoms with Crippen LogP contribution in [0, 0.1) is 0 Å². The molecule has 1 heterocycles. The zero-order chi connectivity index (χ0) is 11.9. The molecule has 2 fully saturated rings. The van der Waals surface area contributed by atoms with Crippen LogP contribution in [0.4, 0.5) is 0 Å². The molecule has 1 saturated carbocycles. The first-order valence-corrected chi connectivity index (χ1v) is 7.57. The number of nitrogens with one attached hydrogen (secondary N) is 1. The van der Waals surface area contributed by atoms with E-state index in [1.165, 1.54) is 71.0 Å². The van der Waals surface area contributed by atoms with Crippen molar-refractivity contribution in [2.45, 2.75) is 63.5 Å². The monoisotopic (exact) mass is 239 g/mol. The lowest BCUT2D eigenvalue weighted by Gasteiger charge is -2.15. The van der Waals surface area contributed by atoms with Gasteiger partial charge in [0.1, 0.15) is 0 Å². The standard InChI is InChI=1S/C14H29N3/c15-9-4-2-1-3-5-10-16-13-8-11-17(12-13)14-6-7-14/h13-14,16H,1-12,15H2. The highest BCUT2D eigenvalue weighted by molar-refractivity contribution is 4.91. The number of unbranched alkanes of at least 4 members (excludes halogenated alkanes) is 4. The largest absolute Gasteiger partial charge is 0.330 e. The maximum absolute atomic E-state index is 5.48. The lowest BCUT2D eigenvalue weighted by molar-refractivity contribution is 0.317. The van der Waals surface area contributed by atoms with Gasteiger partial charge in [0.2, 0.25) is 0 Å². The van der Waals surface area contributed by atoms with Crippen LogP contribution in [0.5, 0.6) is 0 Å². The fraction of sp³-hybridized carbons (Fsp3) is 1.00. The second-order valence-corrected chi connectivity index (χ2v) is 5.72. The van der Waals surface area contributed by atoms with Crippen molar-refractivity contribution in [3.05, 3.63) is 0 Å². The van der Waals surface area contributed by atoms with Crippen molar-refractivity contribution < 1.29 is 0 Å². The number of nitrogens with two attached hydrogens (primary N) is 1. The molecule has 1 atom stereocenters. The lowest BCUT2D eigenvalue weighted by Crippen LogP contribution is -2.33. The number of nitrogens with zero attached hydrogens (tertiary/aromatic N) is 1. The Labute approximate surface area is 106 Å². The van der Waals surface area contributed by atoms with Gasteiger partial charge >= 0.3 is 0 Å². The van der Waals surface area contributed by atoms with Gasteiger partial charge in [0, 0.05) is 25.2 Å². The van der Waals surface area contributed by atoms with Gasteiger partial charge in [-0.05, 0) is 45.2 Å². The van der Waals surface area contributed by atoms with Crippen molar-refractivity contribution in [1.82, 2.24) is 10.2 Å². The molecule has 1 aliphatic heterocycles. The van der Waals surface area contributed by atoms with Crippen LogP contribution >= 0.6 is 0 Å². The third kappa shape index (κ3) is 4.94. The zero-order valence-corrected chi connectivity index (χ0v) is 11.2. The van der Waals surface area contributed by atoms with Crippen LogP contribution in [0.15, 0.2) is 0 Å². The molecule has 2 rings (SSSR count). The van der Waals surface area contributed by atoms with Crippen LogP contribution in [0.1, 0.15) is 51.4 Å². The molecular formula is C14H29N3. The van der Waals surface area contributed by atoms with Gasteiger partial charge in [0.15, 0.2) is 0 Å². The summed E-state index contributed by atoms with van der Waals surface area (Å²) in [6.07, 6.45) is 10.8. The summed E-state index contributed by atoms with van der Waals surface area (Å²) in [7, 11) is 0. The lowest BCUT2D eigenvalue weighted by atomic mass is 10.1. The Morgan fingerprint density at radius 1 is 1.00 bits per heavy atom. The first kappa shape index (κ1) is 13.3. The minimum atomic E-state index is 0.777. The van der Waals surface area contributed by atoms with Gasteiger partial charge in [0.25, 0.3) is 0 Å². The van der Waals surface area contributed by atoms with E-state index in [4.69, 9.17) is 5.73 Å². The Balaban J connectivity index is 1.40. The third-order valence-electron chi connectivity index (χ3n) is 4.10. The molecule has 0 spiro atoms. The van der Waals surface area contributed by atoms with E-state index in [1.807, 2.05) is 0 Å². The molecule has 1 unspecified atom stereocenters. The second kappa shape index (κ2) is 7.34. The molecule has 0 aromatic heterocycles. The quantitative estimate of drug-likeness (QED) is 0.602. The van der Waals surface area contributed by atoms with E-state index in [1.54, 1.807) is 0 Å². The van der Waals surface area contributed by atoms with Gasteiger partial charge in [-0.2, -0.15) is 0 Å². The summed E-state index contributed by atoms with van der Waals surface area (Å²) in [5, 5.41) is 3.72. The Hall–Kier alpha value is -0.120. The van der Waals surface area contributed by atoms with Gasteiger partial charge in [0.05, 0.1) is 0 Å². The molecule has 0 amide bonds. The molecule has 0 bridgehead atoms. The molecular weight excluding hydrogens is 210 g/mol. The third-order valence-corrected chi connectivity index (χ3v) is 4.10. The van der Waals surface area contributed by atoms with Crippen molar-refractivity contribution in [2.24, 2.45) is 5.73 Å². The second-order valence-electron chi connectivity index (χ2n) is 5.72. The minimum Gasteiger partial charge on any atom is -0.330 e. The van der Waals surface area contributed by atoms with Crippen molar-refractivity contribution in [1.29, 1.82) is 0 Å². The van der Waals surface area contributed by atoms with E-state index in [-0.39, 0.29) is 0 Å². The molecule has 3 heteroatoms. The average Bonchev–Trinajstić information content (AvgIpc) is 3.09. The molecule has 17 heavy (non-hydrogen) atoms. The molecule has 1 aliphatic carbocycles.